The molecule has 0 bridgehead atoms. The normalized spacial score (nSPS) is 10.7. The van der Waals surface area contributed by atoms with Crippen molar-refractivity contribution in [1.29, 1.82) is 0 Å². The summed E-state index contributed by atoms with van der Waals surface area (Å²) in [6.07, 6.45) is 0.880. The molecule has 2 aromatic rings. The quantitative estimate of drug-likeness (QED) is 0.667. The summed E-state index contributed by atoms with van der Waals surface area (Å²) in [6.45, 7) is 4.07. The van der Waals surface area contributed by atoms with Gasteiger partial charge in [0, 0.05) is 16.2 Å². The van der Waals surface area contributed by atoms with Crippen molar-refractivity contribution in [2.75, 3.05) is 0 Å². The minimum Gasteiger partial charge on any atom is -0.346 e. The summed E-state index contributed by atoms with van der Waals surface area (Å²) < 4.78 is 13.7. The van der Waals surface area contributed by atoms with E-state index in [1.807, 2.05) is 13.0 Å². The second-order valence-corrected chi connectivity index (χ2v) is 5.63. The molecule has 0 aliphatic heterocycles. The van der Waals surface area contributed by atoms with Crippen LogP contribution in [0.2, 0.25) is 0 Å². The van der Waals surface area contributed by atoms with E-state index in [4.69, 9.17) is 12.2 Å². The number of hydrogen-bond donors (Lipinski definition) is 1. The highest BCUT2D eigenvalue weighted by Gasteiger charge is 2.04. The lowest BCUT2D eigenvalue weighted by Gasteiger charge is -2.07. The van der Waals surface area contributed by atoms with Gasteiger partial charge in [0.15, 0.2) is 0 Å². The van der Waals surface area contributed by atoms with Gasteiger partial charge in [0.2, 0.25) is 0 Å². The van der Waals surface area contributed by atoms with Gasteiger partial charge >= 0.3 is 0 Å². The first-order chi connectivity index (χ1) is 9.10. The molecule has 100 valence electrons. The molecule has 0 aliphatic carbocycles. The Bertz CT molecular complexity index is 638. The maximum Gasteiger partial charge on any atom is 0.133 e. The van der Waals surface area contributed by atoms with Crippen LogP contribution in [-0.4, -0.2) is 9.97 Å². The van der Waals surface area contributed by atoms with E-state index in [0.717, 1.165) is 28.4 Å². The third-order valence-electron chi connectivity index (χ3n) is 2.80. The summed E-state index contributed by atoms with van der Waals surface area (Å²) in [5, 5.41) is 0. The Balaban J connectivity index is 2.14. The Morgan fingerprint density at radius 2 is 2.21 bits per heavy atom. The Morgan fingerprint density at radius 3 is 2.84 bits per heavy atom. The van der Waals surface area contributed by atoms with E-state index >= 15 is 0 Å². The van der Waals surface area contributed by atoms with Crippen LogP contribution in [-0.2, 0) is 12.2 Å². The van der Waals surface area contributed by atoms with Crippen molar-refractivity contribution >= 4 is 24.0 Å². The number of aromatic amines is 1. The monoisotopic (exact) mass is 294 g/mol. The number of H-pyrrole nitrogens is 1. The van der Waals surface area contributed by atoms with E-state index in [-0.39, 0.29) is 5.82 Å². The Labute approximate surface area is 121 Å². The maximum atomic E-state index is 13.1. The number of thioether (sulfide) groups is 1. The molecule has 0 radical (unpaired) electrons. The molecule has 1 aromatic carbocycles. The zero-order valence-electron chi connectivity index (χ0n) is 10.9. The smallest absolute Gasteiger partial charge is 0.133 e. The molecule has 2 rings (SSSR count). The van der Waals surface area contributed by atoms with Crippen molar-refractivity contribution < 1.29 is 4.39 Å². The molecule has 0 fully saturated rings. The Kier molecular flexibility index (Phi) is 4.71. The second kappa shape index (κ2) is 6.30. The van der Waals surface area contributed by atoms with Gasteiger partial charge in [0.25, 0.3) is 0 Å². The molecule has 0 unspecified atom stereocenters. The number of nitrogens with one attached hydrogen (secondary N) is 1. The van der Waals surface area contributed by atoms with Gasteiger partial charge in [-0.05, 0) is 31.5 Å². The standard InChI is InChI=1S/C14H15FN2S2/c1-3-12-9(2)16-13(17-14(12)18)8-19-11-6-4-5-10(15)7-11/h4-7H,3,8H2,1-2H3,(H,16,17,18). The SMILES string of the molecule is CCc1c(C)[nH]c(CSc2cccc(F)c2)nc1=S. The molecule has 0 saturated carbocycles. The molecule has 19 heavy (non-hydrogen) atoms. The molecular formula is C14H15FN2S2. The highest BCUT2D eigenvalue weighted by molar-refractivity contribution is 7.98. The third kappa shape index (κ3) is 3.64. The number of benzene rings is 1. The van der Waals surface area contributed by atoms with Crippen molar-refractivity contribution in [3.05, 3.63) is 51.8 Å². The van der Waals surface area contributed by atoms with Gasteiger partial charge in [0.05, 0.1) is 5.75 Å². The average Bonchev–Trinajstić information content (AvgIpc) is 2.36. The van der Waals surface area contributed by atoms with Crippen molar-refractivity contribution in [3.63, 3.8) is 0 Å². The molecule has 0 aliphatic rings. The first-order valence-corrected chi connectivity index (χ1v) is 7.46. The summed E-state index contributed by atoms with van der Waals surface area (Å²) in [7, 11) is 0. The van der Waals surface area contributed by atoms with Gasteiger partial charge in [-0.2, -0.15) is 0 Å². The minimum absolute atomic E-state index is 0.219. The van der Waals surface area contributed by atoms with Crippen LogP contribution in [0.15, 0.2) is 29.2 Å². The van der Waals surface area contributed by atoms with Crippen molar-refractivity contribution in [2.24, 2.45) is 0 Å². The first kappa shape index (κ1) is 14.2. The highest BCUT2D eigenvalue weighted by Crippen LogP contribution is 2.22. The summed E-state index contributed by atoms with van der Waals surface area (Å²) >= 11 is 6.82. The lowest BCUT2D eigenvalue weighted by Crippen LogP contribution is -2.01. The molecule has 0 atom stereocenters. The van der Waals surface area contributed by atoms with Crippen LogP contribution in [0.25, 0.3) is 0 Å². The fraction of sp³-hybridized carbons (Fsp3) is 0.286. The lowest BCUT2D eigenvalue weighted by molar-refractivity contribution is 0.624. The van der Waals surface area contributed by atoms with E-state index in [0.29, 0.717) is 10.4 Å². The Hall–Kier alpha value is -1.20. The first-order valence-electron chi connectivity index (χ1n) is 6.07. The average molecular weight is 294 g/mol. The number of hydrogen-bond acceptors (Lipinski definition) is 3. The molecule has 0 saturated heterocycles. The highest BCUT2D eigenvalue weighted by atomic mass is 32.2. The maximum absolute atomic E-state index is 13.1. The van der Waals surface area contributed by atoms with Gasteiger partial charge in [-0.1, -0.05) is 25.2 Å². The van der Waals surface area contributed by atoms with E-state index in [1.54, 1.807) is 6.07 Å². The van der Waals surface area contributed by atoms with Crippen LogP contribution in [0, 0.1) is 17.4 Å². The van der Waals surface area contributed by atoms with E-state index in [1.165, 1.54) is 23.9 Å². The third-order valence-corrected chi connectivity index (χ3v) is 4.15. The van der Waals surface area contributed by atoms with Gasteiger partial charge in [-0.15, -0.1) is 11.8 Å². The summed E-state index contributed by atoms with van der Waals surface area (Å²) in [5.41, 5.74) is 2.16. The molecule has 1 N–H and O–H groups in total. The predicted octanol–water partition coefficient (Wildman–Crippen LogP) is 4.44. The fourth-order valence-electron chi connectivity index (χ4n) is 1.86. The van der Waals surface area contributed by atoms with Gasteiger partial charge in [0.1, 0.15) is 16.3 Å². The molecule has 0 amide bonds. The second-order valence-electron chi connectivity index (χ2n) is 4.19. The summed E-state index contributed by atoms with van der Waals surface area (Å²) in [5.74, 6) is 1.26. The van der Waals surface area contributed by atoms with Crippen molar-refractivity contribution in [3.8, 4) is 0 Å². The molecule has 5 heteroatoms. The summed E-state index contributed by atoms with van der Waals surface area (Å²) in [6, 6.07) is 6.55. The molecular weight excluding hydrogens is 279 g/mol. The van der Waals surface area contributed by atoms with Crippen LogP contribution in [0.5, 0.6) is 0 Å². The van der Waals surface area contributed by atoms with Crippen LogP contribution in [0.4, 0.5) is 4.39 Å². The van der Waals surface area contributed by atoms with E-state index in [9.17, 15) is 4.39 Å². The summed E-state index contributed by atoms with van der Waals surface area (Å²) in [4.78, 5) is 8.53. The largest absolute Gasteiger partial charge is 0.346 e. The lowest BCUT2D eigenvalue weighted by atomic mass is 10.2. The number of aromatic nitrogens is 2. The van der Waals surface area contributed by atoms with Crippen LogP contribution in [0.1, 0.15) is 24.0 Å². The molecule has 0 spiro atoms. The van der Waals surface area contributed by atoms with Crippen molar-refractivity contribution in [2.45, 2.75) is 30.9 Å². The van der Waals surface area contributed by atoms with Gasteiger partial charge in [-0.25, -0.2) is 9.37 Å². The van der Waals surface area contributed by atoms with E-state index in [2.05, 4.69) is 16.9 Å². The molecule has 1 heterocycles. The zero-order valence-corrected chi connectivity index (χ0v) is 12.5. The topological polar surface area (TPSA) is 28.7 Å². The number of aryl methyl sites for hydroxylation is 1. The van der Waals surface area contributed by atoms with Crippen LogP contribution in [0.3, 0.4) is 0 Å². The number of nitrogens with zero attached hydrogens (tertiary/aromatic N) is 1. The zero-order chi connectivity index (χ0) is 13.8. The van der Waals surface area contributed by atoms with E-state index < -0.39 is 0 Å². The molecule has 1 aromatic heterocycles. The van der Waals surface area contributed by atoms with Gasteiger partial charge in [-0.3, -0.25) is 0 Å². The van der Waals surface area contributed by atoms with Crippen LogP contribution < -0.4 is 0 Å². The number of rotatable bonds is 4. The minimum atomic E-state index is -0.219. The fourth-order valence-corrected chi connectivity index (χ4v) is 3.08. The number of halogens is 1. The van der Waals surface area contributed by atoms with Gasteiger partial charge < -0.3 is 4.98 Å². The van der Waals surface area contributed by atoms with Crippen LogP contribution >= 0.6 is 24.0 Å². The Morgan fingerprint density at radius 1 is 1.42 bits per heavy atom. The molecule has 2 nitrogen and oxygen atoms in total. The van der Waals surface area contributed by atoms with Crippen molar-refractivity contribution in [1.82, 2.24) is 9.97 Å². The predicted molar refractivity (Wildman–Crippen MR) is 79.5 cm³/mol.